The van der Waals surface area contributed by atoms with Crippen LogP contribution in [0.3, 0.4) is 0 Å². The molecule has 0 fully saturated rings. The van der Waals surface area contributed by atoms with Crippen LogP contribution in [0.4, 0.5) is 0 Å². The minimum absolute atomic E-state index is 0.0498. The molecule has 0 amide bonds. The van der Waals surface area contributed by atoms with Crippen molar-refractivity contribution in [1.29, 1.82) is 0 Å². The smallest absolute Gasteiger partial charge is 0.254 e. The van der Waals surface area contributed by atoms with Gasteiger partial charge in [-0.15, -0.1) is 0 Å². The van der Waals surface area contributed by atoms with Gasteiger partial charge in [0.1, 0.15) is 5.69 Å². The molecule has 0 atom stereocenters. The molecule has 1 aliphatic rings. The van der Waals surface area contributed by atoms with Crippen LogP contribution in [-0.4, -0.2) is 26.4 Å². The van der Waals surface area contributed by atoms with Gasteiger partial charge < -0.3 is 4.98 Å². The van der Waals surface area contributed by atoms with Gasteiger partial charge in [-0.3, -0.25) is 14.7 Å². The van der Waals surface area contributed by atoms with E-state index < -0.39 is 0 Å². The normalized spacial score (nSPS) is 14.3. The lowest BCUT2D eigenvalue weighted by atomic mass is 10.1. The molecule has 126 valence electrons. The van der Waals surface area contributed by atoms with E-state index in [2.05, 4.69) is 47.9 Å². The molecule has 1 aliphatic heterocycles. The maximum absolute atomic E-state index is 12.4. The molecule has 6 heteroatoms. The Morgan fingerprint density at radius 3 is 2.80 bits per heavy atom. The summed E-state index contributed by atoms with van der Waals surface area (Å²) in [5, 5.41) is 0. The van der Waals surface area contributed by atoms with Crippen LogP contribution < -0.4 is 5.56 Å². The number of aromatic nitrogens is 3. The Balaban J connectivity index is 1.63. The zero-order chi connectivity index (χ0) is 17.2. The van der Waals surface area contributed by atoms with Gasteiger partial charge in [0.2, 0.25) is 0 Å². The van der Waals surface area contributed by atoms with Gasteiger partial charge in [-0.05, 0) is 30.2 Å². The van der Waals surface area contributed by atoms with Crippen LogP contribution in [0.1, 0.15) is 16.8 Å². The standard InChI is InChI=1S/C19H17BrN4O/c20-15-6-2-1-5-13(15)11-24-10-8-14-17(12-24)22-18(23-19(14)25)16-7-3-4-9-21-16/h1-7,9H,8,10-12H2,(H,22,23,25). The highest BCUT2D eigenvalue weighted by atomic mass is 79.9. The van der Waals surface area contributed by atoms with Gasteiger partial charge in [0.25, 0.3) is 5.56 Å². The van der Waals surface area contributed by atoms with Crippen molar-refractivity contribution >= 4 is 15.9 Å². The molecule has 0 saturated carbocycles. The van der Waals surface area contributed by atoms with Crippen LogP contribution in [0, 0.1) is 0 Å². The quantitative estimate of drug-likeness (QED) is 0.738. The Morgan fingerprint density at radius 1 is 1.16 bits per heavy atom. The van der Waals surface area contributed by atoms with Crippen molar-refractivity contribution in [2.45, 2.75) is 19.5 Å². The van der Waals surface area contributed by atoms with Crippen molar-refractivity contribution in [1.82, 2.24) is 19.9 Å². The number of aromatic amines is 1. The van der Waals surface area contributed by atoms with Gasteiger partial charge in [0, 0.05) is 35.9 Å². The van der Waals surface area contributed by atoms with Gasteiger partial charge in [-0.1, -0.05) is 40.2 Å². The number of nitrogens with one attached hydrogen (secondary N) is 1. The number of rotatable bonds is 3. The summed E-state index contributed by atoms with van der Waals surface area (Å²) in [5.41, 5.74) is 3.52. The van der Waals surface area contributed by atoms with E-state index >= 15 is 0 Å². The van der Waals surface area contributed by atoms with E-state index in [-0.39, 0.29) is 5.56 Å². The van der Waals surface area contributed by atoms with Gasteiger partial charge in [-0.25, -0.2) is 4.98 Å². The molecular weight excluding hydrogens is 380 g/mol. The van der Waals surface area contributed by atoms with Crippen molar-refractivity contribution in [3.05, 3.63) is 80.3 Å². The number of pyridine rings is 1. The van der Waals surface area contributed by atoms with Gasteiger partial charge in [0.05, 0.1) is 5.69 Å². The average molecular weight is 397 g/mol. The number of nitrogens with zero attached hydrogens (tertiary/aromatic N) is 3. The maximum atomic E-state index is 12.4. The molecule has 4 rings (SSSR count). The minimum Gasteiger partial charge on any atom is -0.305 e. The molecular formula is C19H17BrN4O. The SMILES string of the molecule is O=c1[nH]c(-c2ccccn2)nc2c1CCN(Cc1ccccc1Br)C2. The molecule has 0 bridgehead atoms. The van der Waals surface area contributed by atoms with E-state index in [0.717, 1.165) is 28.8 Å². The minimum atomic E-state index is -0.0498. The van der Waals surface area contributed by atoms with E-state index in [9.17, 15) is 4.79 Å². The summed E-state index contributed by atoms with van der Waals surface area (Å²) in [6, 6.07) is 13.8. The second-order valence-corrected chi connectivity index (χ2v) is 6.96. The molecule has 0 spiro atoms. The molecule has 5 nitrogen and oxygen atoms in total. The third kappa shape index (κ3) is 3.41. The summed E-state index contributed by atoms with van der Waals surface area (Å²) < 4.78 is 1.11. The first-order valence-electron chi connectivity index (χ1n) is 8.20. The lowest BCUT2D eigenvalue weighted by Gasteiger charge is -2.28. The van der Waals surface area contributed by atoms with Crippen LogP contribution in [0.2, 0.25) is 0 Å². The summed E-state index contributed by atoms with van der Waals surface area (Å²) in [4.78, 5) is 26.6. The molecule has 3 heterocycles. The molecule has 0 unspecified atom stereocenters. The predicted octanol–water partition coefficient (Wildman–Crippen LogP) is 3.15. The Labute approximate surface area is 153 Å². The van der Waals surface area contributed by atoms with Crippen LogP contribution >= 0.6 is 15.9 Å². The fraction of sp³-hybridized carbons (Fsp3) is 0.211. The van der Waals surface area contributed by atoms with Gasteiger partial charge >= 0.3 is 0 Å². The summed E-state index contributed by atoms with van der Waals surface area (Å²) >= 11 is 3.60. The Kier molecular flexibility index (Phi) is 4.46. The van der Waals surface area contributed by atoms with Crippen LogP contribution in [0.15, 0.2) is 57.9 Å². The monoisotopic (exact) mass is 396 g/mol. The molecule has 3 aromatic rings. The lowest BCUT2D eigenvalue weighted by molar-refractivity contribution is 0.240. The van der Waals surface area contributed by atoms with Crippen molar-refractivity contribution in [2.75, 3.05) is 6.54 Å². The van der Waals surface area contributed by atoms with Crippen LogP contribution in [0.5, 0.6) is 0 Å². The molecule has 0 saturated heterocycles. The first-order valence-corrected chi connectivity index (χ1v) is 8.99. The number of benzene rings is 1. The highest BCUT2D eigenvalue weighted by Gasteiger charge is 2.22. The number of H-pyrrole nitrogens is 1. The Bertz CT molecular complexity index is 955. The maximum Gasteiger partial charge on any atom is 0.254 e. The van der Waals surface area contributed by atoms with Gasteiger partial charge in [0.15, 0.2) is 5.82 Å². The van der Waals surface area contributed by atoms with E-state index in [4.69, 9.17) is 0 Å². The molecule has 1 aromatic carbocycles. The highest BCUT2D eigenvalue weighted by Crippen LogP contribution is 2.22. The summed E-state index contributed by atoms with van der Waals surface area (Å²) in [7, 11) is 0. The zero-order valence-corrected chi connectivity index (χ0v) is 15.2. The number of fused-ring (bicyclic) bond motifs is 1. The summed E-state index contributed by atoms with van der Waals surface area (Å²) in [6.45, 7) is 2.34. The summed E-state index contributed by atoms with van der Waals surface area (Å²) in [6.07, 6.45) is 2.42. The fourth-order valence-electron chi connectivity index (χ4n) is 3.12. The van der Waals surface area contributed by atoms with Crippen molar-refractivity contribution in [3.8, 4) is 11.5 Å². The van der Waals surface area contributed by atoms with E-state index in [0.29, 0.717) is 24.5 Å². The third-order valence-electron chi connectivity index (χ3n) is 4.41. The number of halogens is 1. The number of hydrogen-bond acceptors (Lipinski definition) is 4. The second kappa shape index (κ2) is 6.90. The molecule has 25 heavy (non-hydrogen) atoms. The van der Waals surface area contributed by atoms with Gasteiger partial charge in [-0.2, -0.15) is 0 Å². The summed E-state index contributed by atoms with van der Waals surface area (Å²) in [5.74, 6) is 0.534. The van der Waals surface area contributed by atoms with E-state index in [1.165, 1.54) is 5.56 Å². The van der Waals surface area contributed by atoms with E-state index in [1.807, 2.05) is 30.3 Å². The predicted molar refractivity (Wildman–Crippen MR) is 100 cm³/mol. The molecule has 1 N–H and O–H groups in total. The molecule has 0 aliphatic carbocycles. The van der Waals surface area contributed by atoms with Crippen LogP contribution in [0.25, 0.3) is 11.5 Å². The topological polar surface area (TPSA) is 61.9 Å². The molecule has 2 aromatic heterocycles. The van der Waals surface area contributed by atoms with E-state index in [1.54, 1.807) is 6.20 Å². The third-order valence-corrected chi connectivity index (χ3v) is 5.19. The average Bonchev–Trinajstić information content (AvgIpc) is 2.64. The first kappa shape index (κ1) is 16.2. The fourth-order valence-corrected chi connectivity index (χ4v) is 3.53. The molecule has 0 radical (unpaired) electrons. The first-order chi connectivity index (χ1) is 12.2. The second-order valence-electron chi connectivity index (χ2n) is 6.11. The number of hydrogen-bond donors (Lipinski definition) is 1. The largest absolute Gasteiger partial charge is 0.305 e. The van der Waals surface area contributed by atoms with Crippen molar-refractivity contribution < 1.29 is 0 Å². The van der Waals surface area contributed by atoms with Crippen LogP contribution in [-0.2, 0) is 19.5 Å². The van der Waals surface area contributed by atoms with Crippen molar-refractivity contribution in [2.24, 2.45) is 0 Å². The lowest BCUT2D eigenvalue weighted by Crippen LogP contribution is -2.35. The highest BCUT2D eigenvalue weighted by molar-refractivity contribution is 9.10. The Morgan fingerprint density at radius 2 is 2.00 bits per heavy atom. The zero-order valence-electron chi connectivity index (χ0n) is 13.6. The van der Waals surface area contributed by atoms with Crippen molar-refractivity contribution in [3.63, 3.8) is 0 Å². The Hall–Kier alpha value is -2.31.